The van der Waals surface area contributed by atoms with Gasteiger partial charge < -0.3 is 15.4 Å². The van der Waals surface area contributed by atoms with E-state index in [1.165, 1.54) is 0 Å². The smallest absolute Gasteiger partial charge is 0.129 e. The summed E-state index contributed by atoms with van der Waals surface area (Å²) in [5, 5.41) is 7.47. The quantitative estimate of drug-likeness (QED) is 0.643. The Morgan fingerprint density at radius 1 is 1.35 bits per heavy atom. The van der Waals surface area contributed by atoms with Crippen LogP contribution in [0.4, 0.5) is 5.82 Å². The van der Waals surface area contributed by atoms with Gasteiger partial charge >= 0.3 is 0 Å². The molecule has 0 aliphatic rings. The number of hydrogen-bond acceptors (Lipinski definition) is 4. The number of para-hydroxylation sites is 1. The lowest BCUT2D eigenvalue weighted by molar-refractivity contribution is 0.409. The summed E-state index contributed by atoms with van der Waals surface area (Å²) < 4.78 is 5.34. The highest BCUT2D eigenvalue weighted by Gasteiger charge is 2.08. The van der Waals surface area contributed by atoms with Gasteiger partial charge in [-0.3, -0.25) is 5.41 Å². The number of nitrogens with zero attached hydrogens (tertiary/aromatic N) is 2. The first kappa shape index (κ1) is 13.9. The molecule has 104 valence electrons. The number of amidine groups is 1. The SMILES string of the molecule is COc1ccccc1CN(C)c1cc(C(=N)N)ccn1. The summed E-state index contributed by atoms with van der Waals surface area (Å²) in [6.45, 7) is 0.665. The lowest BCUT2D eigenvalue weighted by Gasteiger charge is -2.20. The van der Waals surface area contributed by atoms with Crippen LogP contribution in [0, 0.1) is 5.41 Å². The second-order valence-corrected chi connectivity index (χ2v) is 4.48. The van der Waals surface area contributed by atoms with Crippen LogP contribution in [0.3, 0.4) is 0 Å². The Hall–Kier alpha value is -2.56. The molecule has 2 aromatic rings. The van der Waals surface area contributed by atoms with E-state index < -0.39 is 0 Å². The molecule has 0 bridgehead atoms. The Bertz CT molecular complexity index is 612. The largest absolute Gasteiger partial charge is 0.496 e. The van der Waals surface area contributed by atoms with Gasteiger partial charge in [-0.2, -0.15) is 0 Å². The van der Waals surface area contributed by atoms with Gasteiger partial charge in [0.05, 0.1) is 7.11 Å². The van der Waals surface area contributed by atoms with Gasteiger partial charge in [0.2, 0.25) is 0 Å². The molecule has 20 heavy (non-hydrogen) atoms. The van der Waals surface area contributed by atoms with Crippen LogP contribution < -0.4 is 15.4 Å². The fourth-order valence-corrected chi connectivity index (χ4v) is 1.96. The Morgan fingerprint density at radius 3 is 2.80 bits per heavy atom. The third-order valence-corrected chi connectivity index (χ3v) is 3.05. The van der Waals surface area contributed by atoms with E-state index in [0.717, 1.165) is 17.1 Å². The van der Waals surface area contributed by atoms with Gasteiger partial charge in [0.15, 0.2) is 0 Å². The molecule has 0 spiro atoms. The highest BCUT2D eigenvalue weighted by Crippen LogP contribution is 2.21. The zero-order valence-electron chi connectivity index (χ0n) is 11.6. The summed E-state index contributed by atoms with van der Waals surface area (Å²) >= 11 is 0. The molecular weight excluding hydrogens is 252 g/mol. The molecule has 3 N–H and O–H groups in total. The van der Waals surface area contributed by atoms with E-state index in [2.05, 4.69) is 4.98 Å². The molecule has 1 aromatic heterocycles. The second-order valence-electron chi connectivity index (χ2n) is 4.48. The van der Waals surface area contributed by atoms with Gasteiger partial charge in [0.25, 0.3) is 0 Å². The lowest BCUT2D eigenvalue weighted by atomic mass is 10.2. The lowest BCUT2D eigenvalue weighted by Crippen LogP contribution is -2.19. The molecule has 0 amide bonds. The summed E-state index contributed by atoms with van der Waals surface area (Å²) in [5.41, 5.74) is 7.24. The van der Waals surface area contributed by atoms with Crippen molar-refractivity contribution in [2.75, 3.05) is 19.1 Å². The molecule has 0 aliphatic heterocycles. The van der Waals surface area contributed by atoms with Crippen molar-refractivity contribution in [1.82, 2.24) is 4.98 Å². The maximum absolute atomic E-state index is 7.47. The van der Waals surface area contributed by atoms with Gasteiger partial charge in [-0.1, -0.05) is 18.2 Å². The van der Waals surface area contributed by atoms with Crippen LogP contribution in [0.1, 0.15) is 11.1 Å². The van der Waals surface area contributed by atoms with E-state index in [1.54, 1.807) is 25.4 Å². The zero-order chi connectivity index (χ0) is 14.5. The average molecular weight is 270 g/mol. The maximum Gasteiger partial charge on any atom is 0.129 e. The molecule has 0 aliphatic carbocycles. The van der Waals surface area contributed by atoms with E-state index in [9.17, 15) is 0 Å². The molecule has 2 rings (SSSR count). The summed E-state index contributed by atoms with van der Waals surface area (Å²) in [5.74, 6) is 1.66. The molecule has 1 heterocycles. The first-order valence-corrected chi connectivity index (χ1v) is 6.25. The van der Waals surface area contributed by atoms with Crippen molar-refractivity contribution in [3.63, 3.8) is 0 Å². The summed E-state index contributed by atoms with van der Waals surface area (Å²) in [7, 11) is 3.60. The van der Waals surface area contributed by atoms with Crippen molar-refractivity contribution >= 4 is 11.7 Å². The monoisotopic (exact) mass is 270 g/mol. The third kappa shape index (κ3) is 3.06. The van der Waals surface area contributed by atoms with Crippen molar-refractivity contribution in [3.05, 3.63) is 53.7 Å². The minimum atomic E-state index is 0.0411. The topological polar surface area (TPSA) is 75.2 Å². The number of ether oxygens (including phenoxy) is 1. The Morgan fingerprint density at radius 2 is 2.10 bits per heavy atom. The standard InChI is InChI=1S/C15H18N4O/c1-19(10-12-5-3-4-6-13(12)20-2)14-9-11(15(16)17)7-8-18-14/h3-9H,10H2,1-2H3,(H3,16,17). The minimum absolute atomic E-state index is 0.0411. The first-order chi connectivity index (χ1) is 9.61. The number of hydrogen-bond donors (Lipinski definition) is 2. The van der Waals surface area contributed by atoms with Crippen LogP contribution in [0.5, 0.6) is 5.75 Å². The highest BCUT2D eigenvalue weighted by atomic mass is 16.5. The van der Waals surface area contributed by atoms with Gasteiger partial charge in [0.1, 0.15) is 17.4 Å². The van der Waals surface area contributed by atoms with E-state index in [-0.39, 0.29) is 5.84 Å². The number of nitrogens with one attached hydrogen (secondary N) is 1. The number of pyridine rings is 1. The van der Waals surface area contributed by atoms with E-state index in [4.69, 9.17) is 15.9 Å². The second kappa shape index (κ2) is 6.06. The molecule has 1 aromatic carbocycles. The van der Waals surface area contributed by atoms with Gasteiger partial charge in [-0.05, 0) is 18.2 Å². The van der Waals surface area contributed by atoms with Crippen LogP contribution in [0.2, 0.25) is 0 Å². The zero-order valence-corrected chi connectivity index (χ0v) is 11.6. The van der Waals surface area contributed by atoms with Gasteiger partial charge in [-0.15, -0.1) is 0 Å². The molecule has 0 saturated carbocycles. The number of rotatable bonds is 5. The van der Waals surface area contributed by atoms with Crippen molar-refractivity contribution < 1.29 is 4.74 Å². The number of methoxy groups -OCH3 is 1. The first-order valence-electron chi connectivity index (χ1n) is 6.25. The highest BCUT2D eigenvalue weighted by molar-refractivity contribution is 5.95. The molecule has 0 saturated heterocycles. The molecule has 0 atom stereocenters. The molecule has 0 fully saturated rings. The van der Waals surface area contributed by atoms with E-state index >= 15 is 0 Å². The molecule has 5 heteroatoms. The van der Waals surface area contributed by atoms with Gasteiger partial charge in [-0.25, -0.2) is 4.98 Å². The van der Waals surface area contributed by atoms with Crippen LogP contribution in [-0.4, -0.2) is 25.0 Å². The fraction of sp³-hybridized carbons (Fsp3) is 0.200. The van der Waals surface area contributed by atoms with Crippen LogP contribution in [0.15, 0.2) is 42.6 Å². The number of nitrogens with two attached hydrogens (primary N) is 1. The fourth-order valence-electron chi connectivity index (χ4n) is 1.96. The third-order valence-electron chi connectivity index (χ3n) is 3.05. The van der Waals surface area contributed by atoms with Crippen molar-refractivity contribution in [2.45, 2.75) is 6.54 Å². The Balaban J connectivity index is 2.21. The Labute approximate surface area is 118 Å². The molecule has 5 nitrogen and oxygen atoms in total. The number of anilines is 1. The number of aromatic nitrogens is 1. The maximum atomic E-state index is 7.47. The minimum Gasteiger partial charge on any atom is -0.496 e. The summed E-state index contributed by atoms with van der Waals surface area (Å²) in [4.78, 5) is 6.30. The predicted octanol–water partition coefficient (Wildman–Crippen LogP) is 2.01. The number of benzene rings is 1. The van der Waals surface area contributed by atoms with Crippen LogP contribution in [0.25, 0.3) is 0 Å². The normalized spacial score (nSPS) is 10.1. The van der Waals surface area contributed by atoms with Crippen molar-refractivity contribution in [2.24, 2.45) is 5.73 Å². The molecule has 0 radical (unpaired) electrons. The Kier molecular flexibility index (Phi) is 4.20. The van der Waals surface area contributed by atoms with E-state index in [1.807, 2.05) is 36.2 Å². The predicted molar refractivity (Wildman–Crippen MR) is 80.4 cm³/mol. The van der Waals surface area contributed by atoms with Crippen LogP contribution in [-0.2, 0) is 6.54 Å². The van der Waals surface area contributed by atoms with Crippen molar-refractivity contribution in [1.29, 1.82) is 5.41 Å². The van der Waals surface area contributed by atoms with Crippen LogP contribution >= 0.6 is 0 Å². The summed E-state index contributed by atoms with van der Waals surface area (Å²) in [6.07, 6.45) is 1.66. The van der Waals surface area contributed by atoms with E-state index in [0.29, 0.717) is 12.1 Å². The van der Waals surface area contributed by atoms with Crippen molar-refractivity contribution in [3.8, 4) is 5.75 Å². The summed E-state index contributed by atoms with van der Waals surface area (Å²) in [6, 6.07) is 11.4. The number of nitrogen functional groups attached to an aromatic ring is 1. The molecule has 0 unspecified atom stereocenters. The van der Waals surface area contributed by atoms with Gasteiger partial charge in [0, 0.05) is 30.9 Å². The average Bonchev–Trinajstić information content (AvgIpc) is 2.48. The molecular formula is C15H18N4O.